The van der Waals surface area contributed by atoms with Crippen molar-refractivity contribution in [3.05, 3.63) is 186 Å². The number of nitrogens with zero attached hydrogens (tertiary/aromatic N) is 2. The molecule has 66 heavy (non-hydrogen) atoms. The van der Waals surface area contributed by atoms with Crippen LogP contribution in [0.4, 0.5) is 28.6 Å². The Morgan fingerprint density at radius 2 is 1.14 bits per heavy atom. The zero-order valence-corrected chi connectivity index (χ0v) is 38.9. The third-order valence-corrected chi connectivity index (χ3v) is 15.0. The summed E-state index contributed by atoms with van der Waals surface area (Å²) in [6, 6.07) is 60.7. The molecular weight excluding hydrogens is 803 g/mol. The van der Waals surface area contributed by atoms with Crippen molar-refractivity contribution in [1.29, 1.82) is 0 Å². The van der Waals surface area contributed by atoms with Gasteiger partial charge in [-0.3, -0.25) is 4.90 Å². The van der Waals surface area contributed by atoms with Crippen LogP contribution in [0.3, 0.4) is 0 Å². The van der Waals surface area contributed by atoms with Gasteiger partial charge in [-0.1, -0.05) is 165 Å². The largest absolute Gasteiger partial charge is 0.455 e. The van der Waals surface area contributed by atoms with Crippen LogP contribution in [0.15, 0.2) is 173 Å². The van der Waals surface area contributed by atoms with Crippen LogP contribution in [-0.4, -0.2) is 6.85 Å². The van der Waals surface area contributed by atoms with Crippen molar-refractivity contribution < 1.29 is 8.83 Å². The van der Waals surface area contributed by atoms with Crippen LogP contribution < -0.4 is 20.6 Å². The van der Waals surface area contributed by atoms with Crippen molar-refractivity contribution in [3.8, 4) is 33.4 Å². The Labute approximate surface area is 387 Å². The number of furan rings is 2. The average Bonchev–Trinajstić information content (AvgIpc) is 3.96. The fraction of sp³-hybridized carbons (Fsp3) is 0.180. The Bertz CT molecular complexity index is 3650. The van der Waals surface area contributed by atoms with E-state index >= 15 is 0 Å². The Balaban J connectivity index is 1.24. The summed E-state index contributed by atoms with van der Waals surface area (Å²) in [5, 5.41) is 3.35. The van der Waals surface area contributed by atoms with Gasteiger partial charge in [-0.15, -0.1) is 0 Å². The van der Waals surface area contributed by atoms with Crippen molar-refractivity contribution >= 4 is 79.3 Å². The zero-order chi connectivity index (χ0) is 45.0. The van der Waals surface area contributed by atoms with Crippen LogP contribution in [0.2, 0.25) is 0 Å². The third kappa shape index (κ3) is 5.34. The molecule has 0 radical (unpaired) electrons. The number of para-hydroxylation sites is 2. The Morgan fingerprint density at radius 1 is 0.500 bits per heavy atom. The lowest BCUT2D eigenvalue weighted by Crippen LogP contribution is -2.61. The highest BCUT2D eigenvalue weighted by atomic mass is 16.4. The summed E-state index contributed by atoms with van der Waals surface area (Å²) in [5.41, 5.74) is 21.5. The Morgan fingerprint density at radius 3 is 1.88 bits per heavy atom. The van der Waals surface area contributed by atoms with Crippen LogP contribution in [0, 0.1) is 0 Å². The van der Waals surface area contributed by atoms with Gasteiger partial charge in [0, 0.05) is 49.5 Å². The van der Waals surface area contributed by atoms with Gasteiger partial charge in [-0.05, 0) is 115 Å². The molecule has 0 N–H and O–H groups in total. The quantitative estimate of drug-likeness (QED) is 0.166. The van der Waals surface area contributed by atoms with E-state index in [1.807, 2.05) is 0 Å². The van der Waals surface area contributed by atoms with Crippen molar-refractivity contribution in [3.63, 3.8) is 0 Å². The van der Waals surface area contributed by atoms with E-state index in [4.69, 9.17) is 8.83 Å². The molecule has 2 aliphatic heterocycles. The highest BCUT2D eigenvalue weighted by Gasteiger charge is 2.53. The number of benzene rings is 8. The Hall–Kier alpha value is -7.24. The summed E-state index contributed by atoms with van der Waals surface area (Å²) >= 11 is 0. The predicted octanol–water partition coefficient (Wildman–Crippen LogP) is 15.6. The maximum Gasteiger partial charge on any atom is 0.337 e. The van der Waals surface area contributed by atoms with Gasteiger partial charge in [0.1, 0.15) is 16.7 Å². The molecule has 4 heterocycles. The van der Waals surface area contributed by atoms with Gasteiger partial charge >= 0.3 is 6.85 Å². The minimum atomic E-state index is -0.355. The first kappa shape index (κ1) is 39.2. The van der Waals surface area contributed by atoms with Crippen molar-refractivity contribution in [2.24, 2.45) is 0 Å². The van der Waals surface area contributed by atoms with Crippen molar-refractivity contribution in [2.45, 2.75) is 71.6 Å². The van der Waals surface area contributed by atoms with E-state index in [2.05, 4.69) is 229 Å². The number of rotatable bonds is 3. The molecule has 1 aliphatic carbocycles. The summed E-state index contributed by atoms with van der Waals surface area (Å²) < 4.78 is 14.5. The van der Waals surface area contributed by atoms with Gasteiger partial charge in [0.25, 0.3) is 0 Å². The number of anilines is 5. The van der Waals surface area contributed by atoms with E-state index < -0.39 is 0 Å². The molecule has 0 bridgehead atoms. The zero-order valence-electron chi connectivity index (χ0n) is 38.9. The van der Waals surface area contributed by atoms with E-state index in [1.54, 1.807) is 0 Å². The molecule has 320 valence electrons. The second kappa shape index (κ2) is 13.4. The van der Waals surface area contributed by atoms with Gasteiger partial charge in [-0.2, -0.15) is 0 Å². The first-order chi connectivity index (χ1) is 31.8. The molecule has 8 aromatic carbocycles. The van der Waals surface area contributed by atoms with Gasteiger partial charge in [0.2, 0.25) is 5.88 Å². The fourth-order valence-electron chi connectivity index (χ4n) is 11.7. The summed E-state index contributed by atoms with van der Waals surface area (Å²) in [5.74, 6) is 0.852. The number of fused-ring (bicyclic) bond motifs is 14. The minimum absolute atomic E-state index is 0.00203. The lowest BCUT2D eigenvalue weighted by molar-refractivity contribution is 0.590. The third-order valence-electron chi connectivity index (χ3n) is 15.0. The molecule has 0 saturated heterocycles. The predicted molar refractivity (Wildman–Crippen MR) is 278 cm³/mol. The normalized spacial score (nSPS) is 14.7. The minimum Gasteiger partial charge on any atom is -0.455 e. The van der Waals surface area contributed by atoms with E-state index in [-0.39, 0.29) is 23.1 Å². The molecule has 2 aromatic heterocycles. The van der Waals surface area contributed by atoms with Crippen LogP contribution in [0.5, 0.6) is 0 Å². The second-order valence-electron chi connectivity index (χ2n) is 21.3. The van der Waals surface area contributed by atoms with Crippen LogP contribution in [-0.2, 0) is 16.2 Å². The molecule has 3 aliphatic rings. The van der Waals surface area contributed by atoms with E-state index in [9.17, 15) is 0 Å². The molecule has 13 rings (SSSR count). The number of hydrogen-bond acceptors (Lipinski definition) is 4. The topological polar surface area (TPSA) is 32.8 Å². The van der Waals surface area contributed by atoms with E-state index in [1.165, 1.54) is 50.1 Å². The van der Waals surface area contributed by atoms with E-state index in [0.29, 0.717) is 0 Å². The van der Waals surface area contributed by atoms with Gasteiger partial charge in [0.15, 0.2) is 0 Å². The SMILES string of the molecule is CC(C)(C)c1ccc(N2B3c4c(cc5c(c4N(c4ccc(C(C)(C)C)cc4-c4ccccc4)c4oc6ccccc6c43)C(C)(C)c3ccccc3-5)-c3c2ccc2c3oc3ccccc32)cc1. The van der Waals surface area contributed by atoms with Crippen LogP contribution >= 0.6 is 0 Å². The molecule has 0 atom stereocenters. The molecule has 0 amide bonds. The fourth-order valence-corrected chi connectivity index (χ4v) is 11.7. The molecule has 5 heteroatoms. The summed E-state index contributed by atoms with van der Waals surface area (Å²) in [4.78, 5) is 5.12. The smallest absolute Gasteiger partial charge is 0.337 e. The van der Waals surface area contributed by atoms with Crippen LogP contribution in [0.1, 0.15) is 77.6 Å². The van der Waals surface area contributed by atoms with E-state index in [0.717, 1.165) is 78.0 Å². The molecule has 10 aromatic rings. The Kier molecular flexibility index (Phi) is 7.96. The number of hydrogen-bond donors (Lipinski definition) is 0. The molecule has 0 unspecified atom stereocenters. The summed E-state index contributed by atoms with van der Waals surface area (Å²) in [6.07, 6.45) is 0. The highest BCUT2D eigenvalue weighted by Crippen LogP contribution is 2.60. The standard InChI is InChI=1S/C61H51BN2O2/c1-59(2,3)37-26-29-39(30-27-37)64-49-33-31-42-41-21-13-16-24-50(41)65-57(42)52(49)46-35-45-40-20-12-15-23-47(40)61(7,8)53(45)56-54(46)62(64)55-43-22-14-17-25-51(43)66-58(55)63(56)48-32-28-38(60(4,5)6)34-44(48)36-18-10-9-11-19-36/h9-35H,1-8H3. The first-order valence-electron chi connectivity index (χ1n) is 23.5. The first-order valence-corrected chi connectivity index (χ1v) is 23.5. The van der Waals surface area contributed by atoms with Gasteiger partial charge in [0.05, 0.1) is 11.4 Å². The lowest BCUT2D eigenvalue weighted by Gasteiger charge is -2.46. The van der Waals surface area contributed by atoms with Crippen molar-refractivity contribution in [2.75, 3.05) is 9.71 Å². The van der Waals surface area contributed by atoms with Crippen molar-refractivity contribution in [1.82, 2.24) is 0 Å². The molecule has 0 saturated carbocycles. The monoisotopic (exact) mass is 854 g/mol. The maximum absolute atomic E-state index is 7.43. The van der Waals surface area contributed by atoms with Gasteiger partial charge < -0.3 is 13.6 Å². The van der Waals surface area contributed by atoms with Crippen LogP contribution in [0.25, 0.3) is 66.3 Å². The molecule has 0 fully saturated rings. The molecular formula is C61H51BN2O2. The van der Waals surface area contributed by atoms with Gasteiger partial charge in [-0.25, -0.2) is 0 Å². The maximum atomic E-state index is 7.43. The molecule has 0 spiro atoms. The highest BCUT2D eigenvalue weighted by molar-refractivity contribution is 6.95. The lowest BCUT2D eigenvalue weighted by atomic mass is 9.43. The molecule has 4 nitrogen and oxygen atoms in total. The average molecular weight is 855 g/mol. The second-order valence-corrected chi connectivity index (χ2v) is 21.3. The summed E-state index contributed by atoms with van der Waals surface area (Å²) in [7, 11) is 0. The summed E-state index contributed by atoms with van der Waals surface area (Å²) in [6.45, 7) is 18.4.